The number of nitrogens with zero attached hydrogens (tertiary/aromatic N) is 3. The number of aromatic nitrogens is 1. The van der Waals surface area contributed by atoms with Crippen molar-refractivity contribution in [3.8, 4) is 17.2 Å². The Morgan fingerprint density at radius 1 is 1.17 bits per heavy atom. The number of nitro benzene ring substituents is 1. The second kappa shape index (κ2) is 7.44. The number of oxazole rings is 1. The molecule has 0 atom stereocenters. The highest BCUT2D eigenvalue weighted by Crippen LogP contribution is 2.33. The molecule has 7 nitrogen and oxygen atoms in total. The van der Waals surface area contributed by atoms with Crippen LogP contribution in [0.15, 0.2) is 68.5 Å². The zero-order chi connectivity index (χ0) is 20.5. The number of hydrogen-bond acceptors (Lipinski definition) is 6. The number of aromatic hydroxyl groups is 1. The molecule has 1 N–H and O–H groups in total. The molecule has 4 aromatic rings. The van der Waals surface area contributed by atoms with E-state index < -0.39 is 16.4 Å². The number of benzene rings is 3. The molecule has 0 saturated heterocycles. The Bertz CT molecular complexity index is 1270. The summed E-state index contributed by atoms with van der Waals surface area (Å²) in [5.41, 5.74) is 2.00. The van der Waals surface area contributed by atoms with Crippen molar-refractivity contribution in [2.45, 2.75) is 0 Å². The summed E-state index contributed by atoms with van der Waals surface area (Å²) in [4.78, 5) is 19.0. The summed E-state index contributed by atoms with van der Waals surface area (Å²) >= 11 is 3.18. The van der Waals surface area contributed by atoms with Crippen LogP contribution >= 0.6 is 15.9 Å². The maximum absolute atomic E-state index is 13.1. The van der Waals surface area contributed by atoms with E-state index in [0.29, 0.717) is 32.7 Å². The van der Waals surface area contributed by atoms with Crippen LogP contribution in [0.5, 0.6) is 5.75 Å². The molecule has 3 aromatic carbocycles. The van der Waals surface area contributed by atoms with E-state index in [9.17, 15) is 19.6 Å². The third-order valence-electron chi connectivity index (χ3n) is 4.10. The van der Waals surface area contributed by atoms with Crippen LogP contribution < -0.4 is 0 Å². The van der Waals surface area contributed by atoms with E-state index in [2.05, 4.69) is 25.9 Å². The Kier molecular flexibility index (Phi) is 4.81. The monoisotopic (exact) mass is 455 g/mol. The lowest BCUT2D eigenvalue weighted by Gasteiger charge is -2.01. The molecule has 1 heterocycles. The molecule has 0 amide bonds. The summed E-state index contributed by atoms with van der Waals surface area (Å²) in [5, 5.41) is 21.1. The van der Waals surface area contributed by atoms with Gasteiger partial charge in [-0.25, -0.2) is 9.37 Å². The molecular weight excluding hydrogens is 445 g/mol. The average molecular weight is 456 g/mol. The maximum atomic E-state index is 13.1. The summed E-state index contributed by atoms with van der Waals surface area (Å²) < 4.78 is 19.2. The van der Waals surface area contributed by atoms with Crippen molar-refractivity contribution < 1.29 is 18.8 Å². The van der Waals surface area contributed by atoms with Crippen LogP contribution in [-0.4, -0.2) is 21.2 Å². The number of nitro groups is 1. The van der Waals surface area contributed by atoms with E-state index in [0.717, 1.165) is 0 Å². The minimum Gasteiger partial charge on any atom is -0.502 e. The fourth-order valence-electron chi connectivity index (χ4n) is 2.70. The lowest BCUT2D eigenvalue weighted by atomic mass is 10.2. The molecular formula is C20H11BrFN3O4. The van der Waals surface area contributed by atoms with Gasteiger partial charge in [0.05, 0.1) is 10.6 Å². The summed E-state index contributed by atoms with van der Waals surface area (Å²) in [6.45, 7) is 0. The molecule has 1 aromatic heterocycles. The first-order valence-corrected chi connectivity index (χ1v) is 9.07. The quantitative estimate of drug-likeness (QED) is 0.239. The van der Waals surface area contributed by atoms with Gasteiger partial charge in [-0.2, -0.15) is 0 Å². The molecule has 9 heteroatoms. The van der Waals surface area contributed by atoms with Crippen LogP contribution in [0.4, 0.5) is 15.8 Å². The molecule has 0 radical (unpaired) electrons. The van der Waals surface area contributed by atoms with Gasteiger partial charge in [0.25, 0.3) is 0 Å². The zero-order valence-electron chi connectivity index (χ0n) is 14.5. The van der Waals surface area contributed by atoms with Gasteiger partial charge in [0.15, 0.2) is 5.58 Å². The molecule has 0 unspecified atom stereocenters. The van der Waals surface area contributed by atoms with Crippen molar-refractivity contribution in [2.75, 3.05) is 0 Å². The van der Waals surface area contributed by atoms with Crippen LogP contribution in [0.25, 0.3) is 22.6 Å². The van der Waals surface area contributed by atoms with Crippen molar-refractivity contribution in [3.63, 3.8) is 0 Å². The van der Waals surface area contributed by atoms with Crippen molar-refractivity contribution in [2.24, 2.45) is 4.99 Å². The maximum Gasteiger partial charge on any atom is 0.312 e. The lowest BCUT2D eigenvalue weighted by molar-refractivity contribution is -0.385. The van der Waals surface area contributed by atoms with E-state index in [1.807, 2.05) is 0 Å². The summed E-state index contributed by atoms with van der Waals surface area (Å²) in [6, 6.07) is 13.6. The second-order valence-corrected chi connectivity index (χ2v) is 6.97. The largest absolute Gasteiger partial charge is 0.502 e. The molecule has 4 rings (SSSR count). The number of halogens is 2. The highest BCUT2D eigenvalue weighted by Gasteiger charge is 2.17. The van der Waals surface area contributed by atoms with E-state index >= 15 is 0 Å². The third kappa shape index (κ3) is 3.85. The molecule has 29 heavy (non-hydrogen) atoms. The van der Waals surface area contributed by atoms with Crippen molar-refractivity contribution in [1.29, 1.82) is 0 Å². The van der Waals surface area contributed by atoms with Gasteiger partial charge in [0, 0.05) is 27.9 Å². The van der Waals surface area contributed by atoms with Gasteiger partial charge in [-0.1, -0.05) is 15.9 Å². The van der Waals surface area contributed by atoms with Crippen molar-refractivity contribution in [1.82, 2.24) is 4.98 Å². The van der Waals surface area contributed by atoms with E-state index in [4.69, 9.17) is 4.42 Å². The summed E-state index contributed by atoms with van der Waals surface area (Å²) in [5.74, 6) is -0.470. The number of phenols is 1. The molecule has 0 bridgehead atoms. The van der Waals surface area contributed by atoms with E-state index in [1.165, 1.54) is 30.5 Å². The standard InChI is InChI=1S/C20H11BrFN3O4/c21-13-7-12(19(26)17(8-13)25(27)28)10-23-15-5-6-18-16(9-15)24-20(29-18)11-1-3-14(22)4-2-11/h1-10,26H. The molecule has 0 aliphatic carbocycles. The first-order valence-electron chi connectivity index (χ1n) is 8.28. The number of fused-ring (bicyclic) bond motifs is 1. The minimum absolute atomic E-state index is 0.193. The molecule has 0 fully saturated rings. The Hall–Kier alpha value is -3.59. The first-order chi connectivity index (χ1) is 13.9. The van der Waals surface area contributed by atoms with Crippen LogP contribution in [0.2, 0.25) is 0 Å². The topological polar surface area (TPSA) is 102 Å². The Balaban J connectivity index is 1.67. The molecule has 0 saturated carbocycles. The zero-order valence-corrected chi connectivity index (χ0v) is 16.1. The number of aliphatic imine (C=N–C) groups is 1. The molecule has 0 spiro atoms. The summed E-state index contributed by atoms with van der Waals surface area (Å²) in [6.07, 6.45) is 1.33. The number of phenolic OH excluding ortho intramolecular Hbond substituents is 1. The summed E-state index contributed by atoms with van der Waals surface area (Å²) in [7, 11) is 0. The van der Waals surface area contributed by atoms with Gasteiger partial charge in [-0.05, 0) is 48.5 Å². The van der Waals surface area contributed by atoms with Crippen LogP contribution in [-0.2, 0) is 0 Å². The molecule has 144 valence electrons. The first kappa shape index (κ1) is 18.8. The number of rotatable bonds is 4. The Morgan fingerprint density at radius 2 is 1.93 bits per heavy atom. The molecule has 0 aliphatic heterocycles. The predicted octanol–water partition coefficient (Wildman–Crippen LogP) is 5.76. The van der Waals surface area contributed by atoms with Crippen LogP contribution in [0, 0.1) is 15.9 Å². The highest BCUT2D eigenvalue weighted by molar-refractivity contribution is 9.10. The predicted molar refractivity (Wildman–Crippen MR) is 109 cm³/mol. The van der Waals surface area contributed by atoms with Gasteiger partial charge < -0.3 is 9.52 Å². The lowest BCUT2D eigenvalue weighted by Crippen LogP contribution is -1.92. The van der Waals surface area contributed by atoms with Gasteiger partial charge in [0.2, 0.25) is 11.6 Å². The van der Waals surface area contributed by atoms with E-state index in [1.54, 1.807) is 30.3 Å². The normalized spacial score (nSPS) is 11.4. The van der Waals surface area contributed by atoms with Crippen LogP contribution in [0.3, 0.4) is 0 Å². The minimum atomic E-state index is -0.671. The Morgan fingerprint density at radius 3 is 2.66 bits per heavy atom. The Labute approximate surface area is 171 Å². The van der Waals surface area contributed by atoms with Gasteiger partial charge >= 0.3 is 5.69 Å². The fourth-order valence-corrected chi connectivity index (χ4v) is 3.16. The van der Waals surface area contributed by atoms with Gasteiger partial charge in [-0.15, -0.1) is 0 Å². The van der Waals surface area contributed by atoms with Crippen molar-refractivity contribution >= 4 is 44.6 Å². The number of hydrogen-bond donors (Lipinski definition) is 1. The van der Waals surface area contributed by atoms with Crippen LogP contribution in [0.1, 0.15) is 5.56 Å². The van der Waals surface area contributed by atoms with Gasteiger partial charge in [0.1, 0.15) is 11.3 Å². The molecule has 0 aliphatic rings. The van der Waals surface area contributed by atoms with Crippen molar-refractivity contribution in [3.05, 3.63) is 80.6 Å². The second-order valence-electron chi connectivity index (χ2n) is 6.06. The average Bonchev–Trinajstić information content (AvgIpc) is 3.12. The van der Waals surface area contributed by atoms with Gasteiger partial charge in [-0.3, -0.25) is 15.1 Å². The smallest absolute Gasteiger partial charge is 0.312 e. The third-order valence-corrected chi connectivity index (χ3v) is 4.55. The highest BCUT2D eigenvalue weighted by atomic mass is 79.9. The van der Waals surface area contributed by atoms with E-state index in [-0.39, 0.29) is 11.4 Å². The fraction of sp³-hybridized carbons (Fsp3) is 0. The SMILES string of the molecule is O=[N+]([O-])c1cc(Br)cc(C=Nc2ccc3oc(-c4ccc(F)cc4)nc3c2)c1O.